The highest BCUT2D eigenvalue weighted by Gasteiger charge is 2.28. The number of hydrogen-bond acceptors (Lipinski definition) is 6. The Hall–Kier alpha value is -0.700. The molecule has 0 amide bonds. The zero-order chi connectivity index (χ0) is 15.0. The summed E-state index contributed by atoms with van der Waals surface area (Å²) in [5, 5.41) is 39.9. The van der Waals surface area contributed by atoms with Gasteiger partial charge >= 0.3 is 0 Å². The molecule has 20 heavy (non-hydrogen) atoms. The van der Waals surface area contributed by atoms with Crippen LogP contribution in [0.2, 0.25) is 0 Å². The van der Waals surface area contributed by atoms with Gasteiger partial charge in [-0.1, -0.05) is 15.9 Å². The molecule has 0 saturated heterocycles. The number of hydrogen-bond donors (Lipinski definition) is 5. The molecule has 114 valence electrons. The molecule has 6 nitrogen and oxygen atoms in total. The van der Waals surface area contributed by atoms with Crippen LogP contribution in [0, 0.1) is 0 Å². The van der Waals surface area contributed by atoms with Crippen molar-refractivity contribution in [2.75, 3.05) is 33.0 Å². The number of aliphatic hydroxyl groups excluding tert-OH is 4. The maximum absolute atomic E-state index is 9.77. The van der Waals surface area contributed by atoms with Crippen LogP contribution in [0.5, 0.6) is 5.75 Å². The van der Waals surface area contributed by atoms with Gasteiger partial charge < -0.3 is 30.5 Å². The summed E-state index contributed by atoms with van der Waals surface area (Å²) in [6.07, 6.45) is -0.831. The molecular weight excluding hydrogens is 330 g/mol. The van der Waals surface area contributed by atoms with Crippen LogP contribution in [0.4, 0.5) is 0 Å². The van der Waals surface area contributed by atoms with Crippen molar-refractivity contribution in [3.8, 4) is 5.75 Å². The van der Waals surface area contributed by atoms with Crippen molar-refractivity contribution in [2.24, 2.45) is 0 Å². The standard InChI is InChI=1S/C13H20BrNO5/c14-10-1-3-12(4-2-10)20-6-11(19)5-15-13(7-16,8-17)9-18/h1-4,11,15-19H,5-9H2. The first-order valence-electron chi connectivity index (χ1n) is 6.19. The molecule has 7 heteroatoms. The zero-order valence-electron chi connectivity index (χ0n) is 11.0. The second kappa shape index (κ2) is 8.56. The van der Waals surface area contributed by atoms with Gasteiger partial charge in [-0.3, -0.25) is 0 Å². The molecule has 0 heterocycles. The number of rotatable bonds is 9. The Morgan fingerprint density at radius 3 is 2.15 bits per heavy atom. The molecule has 0 saturated carbocycles. The van der Waals surface area contributed by atoms with Crippen LogP contribution >= 0.6 is 15.9 Å². The summed E-state index contributed by atoms with van der Waals surface area (Å²) in [5.74, 6) is 0.630. The van der Waals surface area contributed by atoms with Crippen molar-refractivity contribution in [3.05, 3.63) is 28.7 Å². The van der Waals surface area contributed by atoms with E-state index in [-0.39, 0.29) is 13.2 Å². The monoisotopic (exact) mass is 349 g/mol. The smallest absolute Gasteiger partial charge is 0.119 e. The Kier molecular flexibility index (Phi) is 7.42. The number of β-amino-alcohol motifs (C(OH)–C–C–N with tert-alkyl or cyclic N) is 1. The Morgan fingerprint density at radius 2 is 1.65 bits per heavy atom. The second-order valence-corrected chi connectivity index (χ2v) is 5.47. The maximum atomic E-state index is 9.77. The summed E-state index contributed by atoms with van der Waals surface area (Å²) < 4.78 is 6.33. The highest BCUT2D eigenvalue weighted by molar-refractivity contribution is 9.10. The second-order valence-electron chi connectivity index (χ2n) is 4.55. The lowest BCUT2D eigenvalue weighted by molar-refractivity contribution is 0.0260. The van der Waals surface area contributed by atoms with Crippen molar-refractivity contribution in [1.82, 2.24) is 5.32 Å². The molecule has 0 bridgehead atoms. The van der Waals surface area contributed by atoms with E-state index in [1.54, 1.807) is 12.1 Å². The SMILES string of the molecule is OCC(CO)(CO)NCC(O)COc1ccc(Br)cc1. The fraction of sp³-hybridized carbons (Fsp3) is 0.538. The molecule has 0 aliphatic rings. The molecule has 0 fully saturated rings. The van der Waals surface area contributed by atoms with E-state index in [2.05, 4.69) is 21.2 Å². The van der Waals surface area contributed by atoms with Crippen LogP contribution in [0.1, 0.15) is 0 Å². The summed E-state index contributed by atoms with van der Waals surface area (Å²) in [6, 6.07) is 7.19. The van der Waals surface area contributed by atoms with E-state index in [1.165, 1.54) is 0 Å². The van der Waals surface area contributed by atoms with E-state index in [9.17, 15) is 5.11 Å². The molecular formula is C13H20BrNO5. The van der Waals surface area contributed by atoms with Crippen LogP contribution in [-0.4, -0.2) is 65.0 Å². The third-order valence-corrected chi connectivity index (χ3v) is 3.41. The summed E-state index contributed by atoms with van der Waals surface area (Å²) in [4.78, 5) is 0. The number of ether oxygens (including phenoxy) is 1. The predicted octanol–water partition coefficient (Wildman–Crippen LogP) is -0.506. The molecule has 0 spiro atoms. The lowest BCUT2D eigenvalue weighted by atomic mass is 10.0. The third kappa shape index (κ3) is 5.35. The number of nitrogens with one attached hydrogen (secondary N) is 1. The molecule has 5 N–H and O–H groups in total. The van der Waals surface area contributed by atoms with Crippen LogP contribution in [0.25, 0.3) is 0 Å². The molecule has 0 aliphatic carbocycles. The van der Waals surface area contributed by atoms with E-state index in [1.807, 2.05) is 12.1 Å². The zero-order valence-corrected chi connectivity index (χ0v) is 12.6. The molecule has 1 rings (SSSR count). The van der Waals surface area contributed by atoms with E-state index in [0.717, 1.165) is 4.47 Å². The minimum absolute atomic E-state index is 0.0625. The molecule has 0 aliphatic heterocycles. The van der Waals surface area contributed by atoms with Crippen LogP contribution in [0.15, 0.2) is 28.7 Å². The van der Waals surface area contributed by atoms with Gasteiger partial charge in [-0.15, -0.1) is 0 Å². The fourth-order valence-corrected chi connectivity index (χ4v) is 1.70. The van der Waals surface area contributed by atoms with Gasteiger partial charge in [-0.05, 0) is 24.3 Å². The van der Waals surface area contributed by atoms with Crippen molar-refractivity contribution in [2.45, 2.75) is 11.6 Å². The Balaban J connectivity index is 2.36. The molecule has 0 radical (unpaired) electrons. The highest BCUT2D eigenvalue weighted by Crippen LogP contribution is 2.16. The number of benzene rings is 1. The van der Waals surface area contributed by atoms with Gasteiger partial charge in [0.15, 0.2) is 0 Å². The van der Waals surface area contributed by atoms with E-state index in [4.69, 9.17) is 20.1 Å². The normalized spacial score (nSPS) is 13.2. The summed E-state index contributed by atoms with van der Waals surface area (Å²) >= 11 is 3.31. The maximum Gasteiger partial charge on any atom is 0.119 e. The van der Waals surface area contributed by atoms with Crippen LogP contribution < -0.4 is 10.1 Å². The van der Waals surface area contributed by atoms with Crippen molar-refractivity contribution in [1.29, 1.82) is 0 Å². The first kappa shape index (κ1) is 17.4. The average Bonchev–Trinajstić information content (AvgIpc) is 2.48. The number of halogens is 1. The molecule has 1 unspecified atom stereocenters. The largest absolute Gasteiger partial charge is 0.491 e. The lowest BCUT2D eigenvalue weighted by Gasteiger charge is -2.29. The quantitative estimate of drug-likeness (QED) is 0.411. The molecule has 1 atom stereocenters. The Bertz CT molecular complexity index is 375. The molecule has 1 aromatic carbocycles. The van der Waals surface area contributed by atoms with Crippen molar-refractivity contribution < 1.29 is 25.2 Å². The first-order valence-corrected chi connectivity index (χ1v) is 6.98. The molecule has 1 aromatic rings. The highest BCUT2D eigenvalue weighted by atomic mass is 79.9. The summed E-state index contributed by atoms with van der Waals surface area (Å²) in [5.41, 5.74) is -1.20. The summed E-state index contributed by atoms with van der Waals surface area (Å²) in [6.45, 7) is -1.15. The van der Waals surface area contributed by atoms with Crippen molar-refractivity contribution in [3.63, 3.8) is 0 Å². The first-order chi connectivity index (χ1) is 9.55. The van der Waals surface area contributed by atoms with Gasteiger partial charge in [0.2, 0.25) is 0 Å². The van der Waals surface area contributed by atoms with Gasteiger partial charge in [-0.25, -0.2) is 0 Å². The number of aliphatic hydroxyl groups is 4. The fourth-order valence-electron chi connectivity index (χ4n) is 1.43. The van der Waals surface area contributed by atoms with Gasteiger partial charge in [0, 0.05) is 11.0 Å². The lowest BCUT2D eigenvalue weighted by Crippen LogP contribution is -2.57. The van der Waals surface area contributed by atoms with E-state index in [0.29, 0.717) is 5.75 Å². The molecule has 0 aromatic heterocycles. The summed E-state index contributed by atoms with van der Waals surface area (Å²) in [7, 11) is 0. The van der Waals surface area contributed by atoms with Gasteiger partial charge in [0.1, 0.15) is 18.5 Å². The van der Waals surface area contributed by atoms with Crippen molar-refractivity contribution >= 4 is 15.9 Å². The van der Waals surface area contributed by atoms with Gasteiger partial charge in [-0.2, -0.15) is 0 Å². The van der Waals surface area contributed by atoms with E-state index < -0.39 is 31.5 Å². The Labute approximate surface area is 126 Å². The van der Waals surface area contributed by atoms with Gasteiger partial charge in [0.25, 0.3) is 0 Å². The topological polar surface area (TPSA) is 102 Å². The van der Waals surface area contributed by atoms with Crippen LogP contribution in [0.3, 0.4) is 0 Å². The van der Waals surface area contributed by atoms with E-state index >= 15 is 0 Å². The third-order valence-electron chi connectivity index (χ3n) is 2.88. The Morgan fingerprint density at radius 1 is 1.10 bits per heavy atom. The van der Waals surface area contributed by atoms with Gasteiger partial charge in [0.05, 0.1) is 25.4 Å². The average molecular weight is 350 g/mol. The van der Waals surface area contributed by atoms with Crippen LogP contribution in [-0.2, 0) is 0 Å². The minimum atomic E-state index is -1.20. The predicted molar refractivity (Wildman–Crippen MR) is 77.6 cm³/mol. The minimum Gasteiger partial charge on any atom is -0.491 e.